The fraction of sp³-hybridized carbons (Fsp3) is 0.600. The maximum atomic E-state index is 5.84. The van der Waals surface area contributed by atoms with Crippen LogP contribution >= 0.6 is 24.0 Å². The van der Waals surface area contributed by atoms with Gasteiger partial charge in [0.05, 0.1) is 13.2 Å². The summed E-state index contributed by atoms with van der Waals surface area (Å²) >= 11 is 0. The maximum Gasteiger partial charge on any atom is 0.213 e. The minimum absolute atomic E-state index is 0. The number of methoxy groups -OCH3 is 1. The molecule has 1 rings (SSSR count). The molecule has 1 aromatic rings. The van der Waals surface area contributed by atoms with Crippen molar-refractivity contribution in [1.29, 1.82) is 0 Å². The minimum atomic E-state index is 0. The third kappa shape index (κ3) is 10.3. The molecular formula is C15H28IN5O2. The molecule has 7 nitrogen and oxygen atoms in total. The third-order valence-corrected chi connectivity index (χ3v) is 2.83. The van der Waals surface area contributed by atoms with E-state index in [1.54, 1.807) is 13.3 Å². The summed E-state index contributed by atoms with van der Waals surface area (Å²) in [5.74, 6) is 1.00. The van der Waals surface area contributed by atoms with Crippen molar-refractivity contribution in [2.45, 2.75) is 19.5 Å². The van der Waals surface area contributed by atoms with Gasteiger partial charge in [0.1, 0.15) is 6.61 Å². The van der Waals surface area contributed by atoms with Gasteiger partial charge in [-0.2, -0.15) is 0 Å². The first-order valence-corrected chi connectivity index (χ1v) is 7.29. The smallest absolute Gasteiger partial charge is 0.213 e. The zero-order valence-electron chi connectivity index (χ0n) is 14.3. The van der Waals surface area contributed by atoms with Crippen LogP contribution in [0.2, 0.25) is 0 Å². The lowest BCUT2D eigenvalue weighted by atomic mass is 10.3. The van der Waals surface area contributed by atoms with E-state index in [1.165, 1.54) is 0 Å². The minimum Gasteiger partial charge on any atom is -0.476 e. The van der Waals surface area contributed by atoms with Gasteiger partial charge in [-0.1, -0.05) is 0 Å². The van der Waals surface area contributed by atoms with E-state index in [0.717, 1.165) is 12.1 Å². The van der Waals surface area contributed by atoms with Gasteiger partial charge in [0.2, 0.25) is 5.88 Å². The van der Waals surface area contributed by atoms with E-state index in [2.05, 4.69) is 20.2 Å². The highest BCUT2D eigenvalue weighted by molar-refractivity contribution is 14.0. The Balaban J connectivity index is 0.00000484. The van der Waals surface area contributed by atoms with Crippen LogP contribution in [-0.4, -0.2) is 62.8 Å². The van der Waals surface area contributed by atoms with Gasteiger partial charge in [0, 0.05) is 32.0 Å². The SMILES string of the molecule is COCC(C)NC(N)=NCc1ccnc(OCCN(C)C)c1.I. The van der Waals surface area contributed by atoms with Gasteiger partial charge in [-0.15, -0.1) is 24.0 Å². The number of nitrogens with two attached hydrogens (primary N) is 1. The number of pyridine rings is 1. The summed E-state index contributed by atoms with van der Waals surface area (Å²) in [6, 6.07) is 3.90. The third-order valence-electron chi connectivity index (χ3n) is 2.83. The van der Waals surface area contributed by atoms with Crippen LogP contribution in [0.25, 0.3) is 0 Å². The van der Waals surface area contributed by atoms with Crippen LogP contribution in [0.1, 0.15) is 12.5 Å². The van der Waals surface area contributed by atoms with Crippen LogP contribution in [0.15, 0.2) is 23.3 Å². The summed E-state index contributed by atoms with van der Waals surface area (Å²) in [5, 5.41) is 3.06. The molecule has 0 fully saturated rings. The van der Waals surface area contributed by atoms with Crippen LogP contribution in [0.4, 0.5) is 0 Å². The summed E-state index contributed by atoms with van der Waals surface area (Å²) in [5.41, 5.74) is 6.83. The van der Waals surface area contributed by atoms with Crippen LogP contribution in [0, 0.1) is 0 Å². The first-order valence-electron chi connectivity index (χ1n) is 7.29. The van der Waals surface area contributed by atoms with Gasteiger partial charge in [0.15, 0.2) is 5.96 Å². The zero-order valence-corrected chi connectivity index (χ0v) is 16.6. The molecule has 1 aromatic heterocycles. The fourth-order valence-electron chi connectivity index (χ4n) is 1.73. The molecule has 0 aliphatic rings. The van der Waals surface area contributed by atoms with Crippen molar-refractivity contribution in [2.75, 3.05) is 41.0 Å². The van der Waals surface area contributed by atoms with E-state index >= 15 is 0 Å². The van der Waals surface area contributed by atoms with E-state index in [9.17, 15) is 0 Å². The topological polar surface area (TPSA) is 85.0 Å². The quantitative estimate of drug-likeness (QED) is 0.342. The van der Waals surface area contributed by atoms with Crippen molar-refractivity contribution in [3.8, 4) is 5.88 Å². The maximum absolute atomic E-state index is 5.84. The van der Waals surface area contributed by atoms with Gasteiger partial charge in [-0.25, -0.2) is 9.98 Å². The van der Waals surface area contributed by atoms with Gasteiger partial charge < -0.3 is 25.4 Å². The van der Waals surface area contributed by atoms with Crippen molar-refractivity contribution >= 4 is 29.9 Å². The second-order valence-electron chi connectivity index (χ2n) is 5.36. The van der Waals surface area contributed by atoms with Crippen LogP contribution < -0.4 is 15.8 Å². The number of hydrogen-bond donors (Lipinski definition) is 2. The predicted octanol–water partition coefficient (Wildman–Crippen LogP) is 1.08. The Hall–Kier alpha value is -1.13. The Labute approximate surface area is 155 Å². The zero-order chi connectivity index (χ0) is 16.4. The molecule has 0 aliphatic heterocycles. The number of halogens is 1. The van der Waals surface area contributed by atoms with Gasteiger partial charge >= 0.3 is 0 Å². The summed E-state index contributed by atoms with van der Waals surface area (Å²) in [6.45, 7) is 4.48. The highest BCUT2D eigenvalue weighted by atomic mass is 127. The second kappa shape index (κ2) is 12.3. The van der Waals surface area contributed by atoms with E-state index in [4.69, 9.17) is 15.2 Å². The first-order chi connectivity index (χ1) is 10.5. The summed E-state index contributed by atoms with van der Waals surface area (Å²) in [7, 11) is 5.66. The lowest BCUT2D eigenvalue weighted by Gasteiger charge is -2.13. The average Bonchev–Trinajstić information content (AvgIpc) is 2.45. The van der Waals surface area contributed by atoms with Gasteiger partial charge in [-0.3, -0.25) is 0 Å². The van der Waals surface area contributed by atoms with Crippen molar-refractivity contribution in [2.24, 2.45) is 10.7 Å². The summed E-state index contributed by atoms with van der Waals surface area (Å²) < 4.78 is 10.6. The van der Waals surface area contributed by atoms with Crippen molar-refractivity contribution < 1.29 is 9.47 Å². The highest BCUT2D eigenvalue weighted by Crippen LogP contribution is 2.10. The number of nitrogens with one attached hydrogen (secondary N) is 1. The van der Waals surface area contributed by atoms with Crippen molar-refractivity contribution in [3.63, 3.8) is 0 Å². The Kier molecular flexibility index (Phi) is 11.7. The molecule has 0 aliphatic carbocycles. The molecule has 1 heterocycles. The molecule has 0 spiro atoms. The molecule has 3 N–H and O–H groups in total. The van der Waals surface area contributed by atoms with Gasteiger partial charge in [-0.05, 0) is 32.6 Å². The molecule has 132 valence electrons. The monoisotopic (exact) mass is 437 g/mol. The molecule has 1 unspecified atom stereocenters. The Morgan fingerprint density at radius 1 is 1.48 bits per heavy atom. The fourth-order valence-corrected chi connectivity index (χ4v) is 1.73. The molecule has 0 amide bonds. The molecule has 0 bridgehead atoms. The van der Waals surface area contributed by atoms with Crippen LogP contribution in [0.3, 0.4) is 0 Å². The molecular weight excluding hydrogens is 409 g/mol. The second-order valence-corrected chi connectivity index (χ2v) is 5.36. The summed E-state index contributed by atoms with van der Waals surface area (Å²) in [4.78, 5) is 10.5. The normalized spacial score (nSPS) is 12.7. The highest BCUT2D eigenvalue weighted by Gasteiger charge is 2.02. The Bertz CT molecular complexity index is 471. The lowest BCUT2D eigenvalue weighted by Crippen LogP contribution is -2.40. The van der Waals surface area contributed by atoms with Crippen molar-refractivity contribution in [3.05, 3.63) is 23.9 Å². The van der Waals surface area contributed by atoms with E-state index in [-0.39, 0.29) is 30.0 Å². The van der Waals surface area contributed by atoms with Crippen LogP contribution in [0.5, 0.6) is 5.88 Å². The van der Waals surface area contributed by atoms with Crippen LogP contribution in [-0.2, 0) is 11.3 Å². The standard InChI is InChI=1S/C15H27N5O2.HI/c1-12(11-21-4)19-15(16)18-10-13-5-6-17-14(9-13)22-8-7-20(2)3;/h5-6,9,12H,7-8,10-11H2,1-4H3,(H3,16,18,19);1H. The van der Waals surface area contributed by atoms with Gasteiger partial charge in [0.25, 0.3) is 0 Å². The molecule has 0 saturated carbocycles. The van der Waals surface area contributed by atoms with E-state index in [1.807, 2.05) is 33.2 Å². The Morgan fingerprint density at radius 2 is 2.22 bits per heavy atom. The number of likely N-dealkylation sites (N-methyl/N-ethyl adjacent to an activating group) is 1. The lowest BCUT2D eigenvalue weighted by molar-refractivity contribution is 0.179. The molecule has 0 saturated heterocycles. The number of rotatable bonds is 9. The predicted molar refractivity (Wildman–Crippen MR) is 104 cm³/mol. The largest absolute Gasteiger partial charge is 0.476 e. The Morgan fingerprint density at radius 3 is 2.87 bits per heavy atom. The number of guanidine groups is 1. The van der Waals surface area contributed by atoms with E-state index in [0.29, 0.717) is 31.6 Å². The molecule has 0 radical (unpaired) electrons. The molecule has 8 heteroatoms. The number of nitrogens with zero attached hydrogens (tertiary/aromatic N) is 3. The van der Waals surface area contributed by atoms with E-state index < -0.39 is 0 Å². The summed E-state index contributed by atoms with van der Waals surface area (Å²) in [6.07, 6.45) is 1.72. The average molecular weight is 437 g/mol. The first kappa shape index (κ1) is 21.9. The molecule has 0 aromatic carbocycles. The molecule has 1 atom stereocenters. The number of ether oxygens (including phenoxy) is 2. The molecule has 23 heavy (non-hydrogen) atoms. The van der Waals surface area contributed by atoms with Crippen molar-refractivity contribution in [1.82, 2.24) is 15.2 Å². The number of aromatic nitrogens is 1. The number of hydrogen-bond acceptors (Lipinski definition) is 5. The number of aliphatic imine (C=N–C) groups is 1.